The van der Waals surface area contributed by atoms with Gasteiger partial charge in [0.25, 0.3) is 5.91 Å². The van der Waals surface area contributed by atoms with Crippen molar-refractivity contribution in [1.29, 1.82) is 0 Å². The van der Waals surface area contributed by atoms with Crippen LogP contribution in [0.3, 0.4) is 0 Å². The maximum atomic E-state index is 12.4. The molecule has 2 aromatic carbocycles. The van der Waals surface area contributed by atoms with Gasteiger partial charge in [-0.3, -0.25) is 4.79 Å². The second-order valence-electron chi connectivity index (χ2n) is 7.31. The van der Waals surface area contributed by atoms with Crippen molar-refractivity contribution in [2.24, 2.45) is 0 Å². The van der Waals surface area contributed by atoms with Crippen LogP contribution in [-0.4, -0.2) is 51.5 Å². The zero-order valence-electron chi connectivity index (χ0n) is 18.2. The van der Waals surface area contributed by atoms with Crippen LogP contribution in [0.2, 0.25) is 5.02 Å². The largest absolute Gasteiger partial charge is 0.493 e. The lowest BCUT2D eigenvalue weighted by atomic mass is 10.1. The first-order chi connectivity index (χ1) is 15.4. The molecule has 0 unspecified atom stereocenters. The first-order valence-corrected chi connectivity index (χ1v) is 10.6. The minimum atomic E-state index is -0.691. The molecule has 1 aliphatic heterocycles. The van der Waals surface area contributed by atoms with E-state index in [1.54, 1.807) is 0 Å². The minimum absolute atomic E-state index is 0.120. The van der Waals surface area contributed by atoms with Crippen LogP contribution in [0.5, 0.6) is 23.0 Å². The number of ether oxygens (including phenoxy) is 5. The van der Waals surface area contributed by atoms with Gasteiger partial charge in [0.05, 0.1) is 23.8 Å². The van der Waals surface area contributed by atoms with Crippen molar-refractivity contribution in [3.63, 3.8) is 0 Å². The molecule has 9 heteroatoms. The van der Waals surface area contributed by atoms with E-state index in [-0.39, 0.29) is 16.7 Å². The molecule has 0 radical (unpaired) electrons. The molecule has 1 aliphatic rings. The predicted octanol–water partition coefficient (Wildman–Crippen LogP) is 3.42. The molecule has 172 valence electrons. The van der Waals surface area contributed by atoms with Crippen molar-refractivity contribution in [2.75, 3.05) is 33.5 Å². The van der Waals surface area contributed by atoms with Crippen LogP contribution in [0.15, 0.2) is 30.3 Å². The number of hydrogen-bond acceptors (Lipinski definition) is 7. The van der Waals surface area contributed by atoms with Crippen LogP contribution in [0.25, 0.3) is 0 Å². The van der Waals surface area contributed by atoms with Crippen molar-refractivity contribution < 1.29 is 33.3 Å². The molecular weight excluding hydrogens is 438 g/mol. The molecule has 0 spiro atoms. The SMILES string of the molecule is COc1cc(C(=O)OCC(=O)NCCc2ccc3c(c2)OCCO3)cc(Cl)c1OC(C)C. The van der Waals surface area contributed by atoms with E-state index in [1.165, 1.54) is 19.2 Å². The summed E-state index contributed by atoms with van der Waals surface area (Å²) < 4.78 is 27.0. The Kier molecular flexibility index (Phi) is 8.05. The number of esters is 1. The lowest BCUT2D eigenvalue weighted by Crippen LogP contribution is -2.30. The van der Waals surface area contributed by atoms with Crippen LogP contribution in [0.4, 0.5) is 0 Å². The van der Waals surface area contributed by atoms with E-state index in [0.29, 0.717) is 43.4 Å². The van der Waals surface area contributed by atoms with Gasteiger partial charge in [-0.2, -0.15) is 0 Å². The molecule has 1 amide bonds. The van der Waals surface area contributed by atoms with Crippen LogP contribution in [-0.2, 0) is 16.0 Å². The summed E-state index contributed by atoms with van der Waals surface area (Å²) in [5.74, 6) is 0.973. The van der Waals surface area contributed by atoms with Gasteiger partial charge in [-0.1, -0.05) is 17.7 Å². The van der Waals surface area contributed by atoms with Gasteiger partial charge < -0.3 is 29.0 Å². The molecule has 0 fully saturated rings. The van der Waals surface area contributed by atoms with Gasteiger partial charge in [-0.15, -0.1) is 0 Å². The Labute approximate surface area is 191 Å². The van der Waals surface area contributed by atoms with Crippen LogP contribution < -0.4 is 24.3 Å². The zero-order valence-corrected chi connectivity index (χ0v) is 19.0. The minimum Gasteiger partial charge on any atom is -0.493 e. The second kappa shape index (κ2) is 10.9. The molecule has 0 aliphatic carbocycles. The van der Waals surface area contributed by atoms with E-state index >= 15 is 0 Å². The molecule has 0 bridgehead atoms. The molecule has 0 aromatic heterocycles. The predicted molar refractivity (Wildman–Crippen MR) is 118 cm³/mol. The van der Waals surface area contributed by atoms with Crippen molar-refractivity contribution in [1.82, 2.24) is 5.32 Å². The van der Waals surface area contributed by atoms with Crippen molar-refractivity contribution in [3.05, 3.63) is 46.5 Å². The van der Waals surface area contributed by atoms with Crippen LogP contribution in [0, 0.1) is 0 Å². The summed E-state index contributed by atoms with van der Waals surface area (Å²) in [6.07, 6.45) is 0.477. The third-order valence-electron chi connectivity index (χ3n) is 4.50. The molecule has 8 nitrogen and oxygen atoms in total. The molecule has 0 saturated heterocycles. The highest BCUT2D eigenvalue weighted by Gasteiger charge is 2.18. The molecule has 1 heterocycles. The maximum absolute atomic E-state index is 12.4. The molecule has 2 aromatic rings. The summed E-state index contributed by atoms with van der Waals surface area (Å²) in [7, 11) is 1.45. The number of amides is 1. The monoisotopic (exact) mass is 463 g/mol. The summed E-state index contributed by atoms with van der Waals surface area (Å²) in [6, 6.07) is 8.55. The number of halogens is 1. The Morgan fingerprint density at radius 2 is 1.88 bits per heavy atom. The third kappa shape index (κ3) is 6.20. The fourth-order valence-corrected chi connectivity index (χ4v) is 3.30. The van der Waals surface area contributed by atoms with Gasteiger partial charge in [-0.25, -0.2) is 4.79 Å². The average molecular weight is 464 g/mol. The average Bonchev–Trinajstić information content (AvgIpc) is 2.78. The number of carbonyl (C=O) groups is 2. The Balaban J connectivity index is 1.48. The first-order valence-electron chi connectivity index (χ1n) is 10.2. The Hall–Kier alpha value is -3.13. The van der Waals surface area contributed by atoms with Crippen LogP contribution in [0.1, 0.15) is 29.8 Å². The normalized spacial score (nSPS) is 12.3. The molecular formula is C23H26ClNO7. The summed E-state index contributed by atoms with van der Waals surface area (Å²) in [5, 5.41) is 2.94. The lowest BCUT2D eigenvalue weighted by molar-refractivity contribution is -0.124. The Bertz CT molecular complexity index is 977. The van der Waals surface area contributed by atoms with E-state index in [0.717, 1.165) is 11.3 Å². The maximum Gasteiger partial charge on any atom is 0.338 e. The van der Waals surface area contributed by atoms with Gasteiger partial charge in [0.15, 0.2) is 29.6 Å². The number of hydrogen-bond donors (Lipinski definition) is 1. The highest BCUT2D eigenvalue weighted by Crippen LogP contribution is 2.37. The van der Waals surface area contributed by atoms with Gasteiger partial charge in [0.2, 0.25) is 0 Å². The summed E-state index contributed by atoms with van der Waals surface area (Å²) in [6.45, 7) is 4.73. The summed E-state index contributed by atoms with van der Waals surface area (Å²) in [4.78, 5) is 24.4. The van der Waals surface area contributed by atoms with Gasteiger partial charge in [0, 0.05) is 6.54 Å². The first kappa shape index (κ1) is 23.5. The topological polar surface area (TPSA) is 92.3 Å². The number of nitrogens with one attached hydrogen (secondary N) is 1. The summed E-state index contributed by atoms with van der Waals surface area (Å²) >= 11 is 6.23. The fraction of sp³-hybridized carbons (Fsp3) is 0.391. The molecule has 3 rings (SSSR count). The Morgan fingerprint density at radius 1 is 1.12 bits per heavy atom. The number of rotatable bonds is 9. The second-order valence-corrected chi connectivity index (χ2v) is 7.72. The number of fused-ring (bicyclic) bond motifs is 1. The van der Waals surface area contributed by atoms with E-state index in [9.17, 15) is 9.59 Å². The molecule has 0 saturated carbocycles. The quantitative estimate of drug-likeness (QED) is 0.569. The number of benzene rings is 2. The third-order valence-corrected chi connectivity index (χ3v) is 4.78. The molecule has 32 heavy (non-hydrogen) atoms. The van der Waals surface area contributed by atoms with E-state index in [1.807, 2.05) is 32.0 Å². The van der Waals surface area contributed by atoms with Crippen LogP contribution >= 0.6 is 11.6 Å². The summed E-state index contributed by atoms with van der Waals surface area (Å²) in [5.41, 5.74) is 1.16. The van der Waals surface area contributed by atoms with Gasteiger partial charge >= 0.3 is 5.97 Å². The van der Waals surface area contributed by atoms with E-state index in [4.69, 9.17) is 35.3 Å². The van der Waals surface area contributed by atoms with Gasteiger partial charge in [0.1, 0.15) is 13.2 Å². The van der Waals surface area contributed by atoms with Crippen molar-refractivity contribution in [3.8, 4) is 23.0 Å². The number of methoxy groups -OCH3 is 1. The standard InChI is InChI=1S/C23H26ClNO7/c1-14(2)32-22-17(24)11-16(12-20(22)28-3)23(27)31-13-21(26)25-7-6-15-4-5-18-19(10-15)30-9-8-29-18/h4-5,10-12,14H,6-9,13H2,1-3H3,(H,25,26). The highest BCUT2D eigenvalue weighted by molar-refractivity contribution is 6.32. The highest BCUT2D eigenvalue weighted by atomic mass is 35.5. The lowest BCUT2D eigenvalue weighted by Gasteiger charge is -2.18. The Morgan fingerprint density at radius 3 is 2.59 bits per heavy atom. The van der Waals surface area contributed by atoms with Crippen molar-refractivity contribution >= 4 is 23.5 Å². The van der Waals surface area contributed by atoms with Gasteiger partial charge in [-0.05, 0) is 50.1 Å². The van der Waals surface area contributed by atoms with E-state index in [2.05, 4.69) is 5.32 Å². The zero-order chi connectivity index (χ0) is 23.1. The fourth-order valence-electron chi connectivity index (χ4n) is 3.04. The van der Waals surface area contributed by atoms with Crippen molar-refractivity contribution in [2.45, 2.75) is 26.4 Å². The molecule has 1 N–H and O–H groups in total. The molecule has 0 atom stereocenters. The van der Waals surface area contributed by atoms with E-state index < -0.39 is 18.5 Å². The number of carbonyl (C=O) groups excluding carboxylic acids is 2. The smallest absolute Gasteiger partial charge is 0.338 e.